The SMILES string of the molecule is COc1cccc(NC(=S)Nc2nc(Oc3ccc4c(C)cc(=O)oc4c3)nc(-n3c([N+](=O)[O-])cnc3C)n2)c1. The van der Waals surface area contributed by atoms with E-state index in [9.17, 15) is 14.9 Å². The quantitative estimate of drug-likeness (QED) is 0.125. The Balaban J connectivity index is 1.52. The third-order valence-corrected chi connectivity index (χ3v) is 5.80. The molecular formula is C25H20N8O6S. The van der Waals surface area contributed by atoms with Gasteiger partial charge in [-0.1, -0.05) is 6.07 Å². The van der Waals surface area contributed by atoms with Gasteiger partial charge in [-0.25, -0.2) is 9.78 Å². The zero-order valence-corrected chi connectivity index (χ0v) is 22.1. The van der Waals surface area contributed by atoms with E-state index in [2.05, 4.69) is 30.6 Å². The van der Waals surface area contributed by atoms with Gasteiger partial charge in [0.05, 0.1) is 7.11 Å². The summed E-state index contributed by atoms with van der Waals surface area (Å²) in [7, 11) is 1.55. The summed E-state index contributed by atoms with van der Waals surface area (Å²) in [6.45, 7) is 3.35. The largest absolute Gasteiger partial charge is 0.497 e. The minimum Gasteiger partial charge on any atom is -0.497 e. The summed E-state index contributed by atoms with van der Waals surface area (Å²) >= 11 is 5.41. The molecule has 3 heterocycles. The number of nitrogens with zero attached hydrogens (tertiary/aromatic N) is 6. The summed E-state index contributed by atoms with van der Waals surface area (Å²) in [6.07, 6.45) is 1.09. The lowest BCUT2D eigenvalue weighted by molar-refractivity contribution is -0.391. The lowest BCUT2D eigenvalue weighted by Crippen LogP contribution is -2.21. The van der Waals surface area contributed by atoms with Gasteiger partial charge < -0.3 is 34.6 Å². The van der Waals surface area contributed by atoms with Crippen molar-refractivity contribution < 1.29 is 18.8 Å². The van der Waals surface area contributed by atoms with Crippen molar-refractivity contribution in [2.24, 2.45) is 0 Å². The van der Waals surface area contributed by atoms with E-state index in [0.717, 1.165) is 21.7 Å². The Hall–Kier alpha value is -5.44. The molecule has 0 saturated carbocycles. The fraction of sp³-hybridized carbons (Fsp3) is 0.120. The van der Waals surface area contributed by atoms with Crippen LogP contribution in [0.4, 0.5) is 17.5 Å². The first-order chi connectivity index (χ1) is 19.2. The molecule has 3 aromatic heterocycles. The fourth-order valence-electron chi connectivity index (χ4n) is 3.79. The second-order valence-corrected chi connectivity index (χ2v) is 8.73. The highest BCUT2D eigenvalue weighted by molar-refractivity contribution is 7.80. The lowest BCUT2D eigenvalue weighted by atomic mass is 10.1. The minimum atomic E-state index is -0.611. The Morgan fingerprint density at radius 2 is 1.90 bits per heavy atom. The molecule has 5 rings (SSSR count). The number of aromatic nitrogens is 5. The molecule has 0 saturated heterocycles. The van der Waals surface area contributed by atoms with E-state index in [1.165, 1.54) is 12.1 Å². The molecule has 0 aliphatic carbocycles. The Morgan fingerprint density at radius 1 is 1.07 bits per heavy atom. The number of nitro groups is 1. The van der Waals surface area contributed by atoms with Gasteiger partial charge in [0, 0.05) is 36.2 Å². The zero-order valence-electron chi connectivity index (χ0n) is 21.2. The number of hydrogen-bond donors (Lipinski definition) is 2. The molecule has 0 spiro atoms. The number of imidazole rings is 1. The van der Waals surface area contributed by atoms with Crippen molar-refractivity contribution in [3.63, 3.8) is 0 Å². The lowest BCUT2D eigenvalue weighted by Gasteiger charge is -2.12. The number of benzene rings is 2. The van der Waals surface area contributed by atoms with Gasteiger partial charge in [0.25, 0.3) is 0 Å². The number of anilines is 2. The van der Waals surface area contributed by atoms with Crippen LogP contribution in [0.3, 0.4) is 0 Å². The van der Waals surface area contributed by atoms with Crippen molar-refractivity contribution in [2.75, 3.05) is 17.7 Å². The molecule has 0 amide bonds. The number of fused-ring (bicyclic) bond motifs is 1. The topological polar surface area (TPSA) is 172 Å². The summed E-state index contributed by atoms with van der Waals surface area (Å²) in [5.41, 5.74) is 1.18. The predicted molar refractivity (Wildman–Crippen MR) is 148 cm³/mol. The summed E-state index contributed by atoms with van der Waals surface area (Å²) in [4.78, 5) is 39.7. The molecule has 0 bridgehead atoms. The maximum atomic E-state index is 11.8. The second kappa shape index (κ2) is 10.7. The van der Waals surface area contributed by atoms with Crippen LogP contribution < -0.4 is 25.7 Å². The van der Waals surface area contributed by atoms with Gasteiger partial charge in [0.2, 0.25) is 11.8 Å². The highest BCUT2D eigenvalue weighted by Gasteiger charge is 2.24. The van der Waals surface area contributed by atoms with E-state index in [0.29, 0.717) is 17.0 Å². The van der Waals surface area contributed by atoms with E-state index < -0.39 is 10.5 Å². The summed E-state index contributed by atoms with van der Waals surface area (Å²) < 4.78 is 17.5. The van der Waals surface area contributed by atoms with Crippen LogP contribution in [-0.4, -0.2) is 41.6 Å². The van der Waals surface area contributed by atoms with Crippen LogP contribution in [0, 0.1) is 24.0 Å². The van der Waals surface area contributed by atoms with E-state index >= 15 is 0 Å². The average Bonchev–Trinajstić information content (AvgIpc) is 3.30. The van der Waals surface area contributed by atoms with Gasteiger partial charge >= 0.3 is 23.4 Å². The van der Waals surface area contributed by atoms with Crippen LogP contribution in [0.2, 0.25) is 0 Å². The first kappa shape index (κ1) is 26.2. The Kier molecular flexibility index (Phi) is 7.03. The van der Waals surface area contributed by atoms with E-state index in [1.807, 2.05) is 0 Å². The number of methoxy groups -OCH3 is 1. The maximum absolute atomic E-state index is 11.8. The number of ether oxygens (including phenoxy) is 2. The fourth-order valence-corrected chi connectivity index (χ4v) is 4.00. The van der Waals surface area contributed by atoms with Gasteiger partial charge in [0.1, 0.15) is 23.3 Å². The van der Waals surface area contributed by atoms with E-state index in [4.69, 9.17) is 26.1 Å². The van der Waals surface area contributed by atoms with Crippen molar-refractivity contribution in [3.05, 3.63) is 86.7 Å². The highest BCUT2D eigenvalue weighted by Crippen LogP contribution is 2.27. The Bertz CT molecular complexity index is 1840. The number of hydrogen-bond acceptors (Lipinski definition) is 11. The number of rotatable bonds is 7. The van der Waals surface area contributed by atoms with Crippen LogP contribution in [0.1, 0.15) is 11.4 Å². The molecule has 5 aromatic rings. The first-order valence-corrected chi connectivity index (χ1v) is 12.0. The van der Waals surface area contributed by atoms with E-state index in [-0.39, 0.29) is 40.4 Å². The molecule has 15 heteroatoms. The van der Waals surface area contributed by atoms with Gasteiger partial charge in [0.15, 0.2) is 5.11 Å². The molecular weight excluding hydrogens is 540 g/mol. The van der Waals surface area contributed by atoms with Crippen molar-refractivity contribution in [1.82, 2.24) is 24.5 Å². The van der Waals surface area contributed by atoms with Crippen LogP contribution in [0.15, 0.2) is 63.9 Å². The summed E-state index contributed by atoms with van der Waals surface area (Å²) in [5, 5.41) is 18.3. The number of nitrogens with one attached hydrogen (secondary N) is 2. The zero-order chi connectivity index (χ0) is 28.4. The molecule has 2 N–H and O–H groups in total. The molecule has 0 aliphatic rings. The standard InChI is InChI=1S/C25H20N8O6S/c1-13-9-21(34)39-19-11-17(7-8-18(13)19)38-24-29-22(30-25(40)27-15-5-4-6-16(10-15)37-3)28-23(31-24)32-14(2)26-12-20(32)33(35)36/h4-12H,1-3H3,(H2,27,28,29,30,31,40). The van der Waals surface area contributed by atoms with Crippen LogP contribution >= 0.6 is 12.2 Å². The third-order valence-electron chi connectivity index (χ3n) is 5.59. The molecule has 2 aromatic carbocycles. The molecule has 0 radical (unpaired) electrons. The molecule has 0 unspecified atom stereocenters. The van der Waals surface area contributed by atoms with Gasteiger partial charge in [-0.15, -0.1) is 9.55 Å². The van der Waals surface area contributed by atoms with Gasteiger partial charge in [-0.3, -0.25) is 0 Å². The van der Waals surface area contributed by atoms with Gasteiger partial charge in [-0.2, -0.15) is 9.97 Å². The van der Waals surface area contributed by atoms with Crippen molar-refractivity contribution in [2.45, 2.75) is 13.8 Å². The van der Waals surface area contributed by atoms with Crippen LogP contribution in [0.5, 0.6) is 17.5 Å². The summed E-state index contributed by atoms with van der Waals surface area (Å²) in [5.74, 6) is 0.566. The smallest absolute Gasteiger partial charge is 0.350 e. The predicted octanol–water partition coefficient (Wildman–Crippen LogP) is 4.30. The van der Waals surface area contributed by atoms with Crippen molar-refractivity contribution in [3.8, 4) is 23.5 Å². The Labute approximate surface area is 230 Å². The molecule has 202 valence electrons. The molecule has 40 heavy (non-hydrogen) atoms. The minimum absolute atomic E-state index is 0.0639. The monoisotopic (exact) mass is 560 g/mol. The van der Waals surface area contributed by atoms with Gasteiger partial charge in [-0.05, 0) is 53.9 Å². The van der Waals surface area contributed by atoms with Crippen molar-refractivity contribution in [1.29, 1.82) is 0 Å². The molecule has 0 fully saturated rings. The second-order valence-electron chi connectivity index (χ2n) is 8.32. The van der Waals surface area contributed by atoms with E-state index in [1.54, 1.807) is 57.4 Å². The van der Waals surface area contributed by atoms with Crippen molar-refractivity contribution >= 4 is 45.8 Å². The normalized spacial score (nSPS) is 10.8. The summed E-state index contributed by atoms with van der Waals surface area (Å²) in [6, 6.07) is 13.1. The third kappa shape index (κ3) is 5.53. The average molecular weight is 561 g/mol. The molecule has 14 nitrogen and oxygen atoms in total. The number of aryl methyl sites for hydroxylation is 2. The van der Waals surface area contributed by atoms with Crippen LogP contribution in [0.25, 0.3) is 16.9 Å². The first-order valence-electron chi connectivity index (χ1n) is 11.6. The maximum Gasteiger partial charge on any atom is 0.350 e. The number of thiocarbonyl (C=S) groups is 1. The Morgan fingerprint density at radius 3 is 2.67 bits per heavy atom. The molecule has 0 atom stereocenters. The van der Waals surface area contributed by atoms with Crippen LogP contribution in [-0.2, 0) is 0 Å². The highest BCUT2D eigenvalue weighted by atomic mass is 32.1. The molecule has 0 aliphatic heterocycles.